The molecule has 5 nitrogen and oxygen atoms in total. The molecule has 0 radical (unpaired) electrons. The molecular weight excluding hydrogens is 234 g/mol. The summed E-state index contributed by atoms with van der Waals surface area (Å²) >= 11 is 0. The summed E-state index contributed by atoms with van der Waals surface area (Å²) in [4.78, 5) is 0. The van der Waals surface area contributed by atoms with Crippen LogP contribution in [0.4, 0.5) is 0 Å². The van der Waals surface area contributed by atoms with Gasteiger partial charge in [-0.25, -0.2) is 0 Å². The molecule has 1 aliphatic rings. The smallest absolute Gasteiger partial charge is 0.231 e. The average Bonchev–Trinajstić information content (AvgIpc) is 2.82. The molecule has 0 aliphatic carbocycles. The molecule has 1 atom stereocenters. The summed E-state index contributed by atoms with van der Waals surface area (Å²) in [6, 6.07) is 3.72. The van der Waals surface area contributed by atoms with E-state index in [0.717, 1.165) is 23.5 Å². The minimum atomic E-state index is 0.0654. The standard InChI is InChI=1S/C13H19NO4/c1-9(3-4-15-2)18-11-6-13-12(16-8-17-13)5-10(11)7-14/h5-6,9H,3-4,7-8,14H2,1-2H3. The third kappa shape index (κ3) is 2.86. The second kappa shape index (κ2) is 5.93. The molecular formula is C13H19NO4. The first-order valence-corrected chi connectivity index (χ1v) is 6.02. The molecule has 2 rings (SSSR count). The van der Waals surface area contributed by atoms with Gasteiger partial charge in [-0.3, -0.25) is 0 Å². The van der Waals surface area contributed by atoms with Gasteiger partial charge in [-0.1, -0.05) is 0 Å². The Bertz CT molecular complexity index is 408. The van der Waals surface area contributed by atoms with Gasteiger partial charge in [0.25, 0.3) is 0 Å². The highest BCUT2D eigenvalue weighted by Gasteiger charge is 2.18. The lowest BCUT2D eigenvalue weighted by atomic mass is 10.1. The molecule has 1 unspecified atom stereocenters. The third-order valence-electron chi connectivity index (χ3n) is 2.83. The summed E-state index contributed by atoms with van der Waals surface area (Å²) in [6.45, 7) is 3.33. The van der Waals surface area contributed by atoms with Crippen molar-refractivity contribution in [3.05, 3.63) is 17.7 Å². The van der Waals surface area contributed by atoms with Gasteiger partial charge in [-0.05, 0) is 13.0 Å². The monoisotopic (exact) mass is 253 g/mol. The van der Waals surface area contributed by atoms with Crippen LogP contribution in [-0.2, 0) is 11.3 Å². The Kier molecular flexibility index (Phi) is 4.28. The van der Waals surface area contributed by atoms with Crippen LogP contribution in [0.1, 0.15) is 18.9 Å². The summed E-state index contributed by atoms with van der Waals surface area (Å²) in [5.41, 5.74) is 6.64. The number of fused-ring (bicyclic) bond motifs is 1. The molecule has 2 N–H and O–H groups in total. The number of rotatable bonds is 6. The summed E-state index contributed by atoms with van der Waals surface area (Å²) in [5, 5.41) is 0. The van der Waals surface area contributed by atoms with E-state index in [-0.39, 0.29) is 12.9 Å². The fourth-order valence-corrected chi connectivity index (χ4v) is 1.79. The summed E-state index contributed by atoms with van der Waals surface area (Å²) in [7, 11) is 1.68. The van der Waals surface area contributed by atoms with Gasteiger partial charge in [0.15, 0.2) is 11.5 Å². The van der Waals surface area contributed by atoms with Crippen molar-refractivity contribution in [2.24, 2.45) is 5.73 Å². The van der Waals surface area contributed by atoms with Gasteiger partial charge in [0, 0.05) is 38.3 Å². The number of nitrogens with two attached hydrogens (primary N) is 1. The van der Waals surface area contributed by atoms with E-state index in [1.807, 2.05) is 19.1 Å². The fraction of sp³-hybridized carbons (Fsp3) is 0.538. The Balaban J connectivity index is 2.11. The Hall–Kier alpha value is -1.46. The summed E-state index contributed by atoms with van der Waals surface area (Å²) < 4.78 is 21.5. The van der Waals surface area contributed by atoms with Crippen molar-refractivity contribution in [2.45, 2.75) is 26.0 Å². The molecule has 1 aliphatic heterocycles. The zero-order valence-electron chi connectivity index (χ0n) is 10.8. The highest BCUT2D eigenvalue weighted by molar-refractivity contribution is 5.51. The van der Waals surface area contributed by atoms with Crippen molar-refractivity contribution < 1.29 is 18.9 Å². The van der Waals surface area contributed by atoms with Crippen molar-refractivity contribution in [1.82, 2.24) is 0 Å². The molecule has 0 saturated heterocycles. The van der Waals surface area contributed by atoms with E-state index in [9.17, 15) is 0 Å². The normalized spacial score (nSPS) is 14.6. The van der Waals surface area contributed by atoms with Crippen LogP contribution in [0.15, 0.2) is 12.1 Å². The average molecular weight is 253 g/mol. The molecule has 0 aromatic heterocycles. The highest BCUT2D eigenvalue weighted by atomic mass is 16.7. The van der Waals surface area contributed by atoms with Crippen molar-refractivity contribution in [3.63, 3.8) is 0 Å². The molecule has 0 bridgehead atoms. The van der Waals surface area contributed by atoms with E-state index in [1.165, 1.54) is 0 Å². The second-order valence-electron chi connectivity index (χ2n) is 4.23. The molecule has 5 heteroatoms. The predicted molar refractivity (Wildman–Crippen MR) is 67.0 cm³/mol. The van der Waals surface area contributed by atoms with Gasteiger partial charge in [0.2, 0.25) is 6.79 Å². The van der Waals surface area contributed by atoms with Crippen LogP contribution in [0.3, 0.4) is 0 Å². The van der Waals surface area contributed by atoms with Crippen molar-refractivity contribution in [1.29, 1.82) is 0 Å². The molecule has 0 saturated carbocycles. The molecule has 18 heavy (non-hydrogen) atoms. The Morgan fingerprint density at radius 1 is 1.33 bits per heavy atom. The zero-order valence-corrected chi connectivity index (χ0v) is 10.8. The van der Waals surface area contributed by atoms with Gasteiger partial charge < -0.3 is 24.7 Å². The van der Waals surface area contributed by atoms with Gasteiger partial charge in [0.1, 0.15) is 5.75 Å². The molecule has 1 aromatic rings. The van der Waals surface area contributed by atoms with E-state index in [1.54, 1.807) is 7.11 Å². The lowest BCUT2D eigenvalue weighted by Crippen LogP contribution is -2.15. The lowest BCUT2D eigenvalue weighted by molar-refractivity contribution is 0.134. The minimum Gasteiger partial charge on any atom is -0.490 e. The van der Waals surface area contributed by atoms with E-state index < -0.39 is 0 Å². The van der Waals surface area contributed by atoms with Gasteiger partial charge in [-0.2, -0.15) is 0 Å². The van der Waals surface area contributed by atoms with Crippen LogP contribution in [0.2, 0.25) is 0 Å². The maximum atomic E-state index is 5.87. The van der Waals surface area contributed by atoms with Crippen LogP contribution in [0.25, 0.3) is 0 Å². The molecule has 0 fully saturated rings. The largest absolute Gasteiger partial charge is 0.490 e. The first-order valence-electron chi connectivity index (χ1n) is 6.02. The van der Waals surface area contributed by atoms with Crippen molar-refractivity contribution in [3.8, 4) is 17.2 Å². The van der Waals surface area contributed by atoms with Gasteiger partial charge >= 0.3 is 0 Å². The molecule has 1 aromatic carbocycles. The topological polar surface area (TPSA) is 62.9 Å². The van der Waals surface area contributed by atoms with E-state index >= 15 is 0 Å². The van der Waals surface area contributed by atoms with Crippen LogP contribution in [0.5, 0.6) is 17.2 Å². The molecule has 0 spiro atoms. The van der Waals surface area contributed by atoms with E-state index in [4.69, 9.17) is 24.7 Å². The van der Waals surface area contributed by atoms with Crippen LogP contribution < -0.4 is 19.9 Å². The van der Waals surface area contributed by atoms with Crippen LogP contribution >= 0.6 is 0 Å². The van der Waals surface area contributed by atoms with Crippen LogP contribution in [-0.4, -0.2) is 26.6 Å². The minimum absolute atomic E-state index is 0.0654. The Labute approximate surface area is 107 Å². The lowest BCUT2D eigenvalue weighted by Gasteiger charge is -2.17. The van der Waals surface area contributed by atoms with Gasteiger partial charge in [-0.15, -0.1) is 0 Å². The molecule has 0 amide bonds. The summed E-state index contributed by atoms with van der Waals surface area (Å²) in [5.74, 6) is 2.19. The first kappa shape index (κ1) is 13.0. The number of benzene rings is 1. The third-order valence-corrected chi connectivity index (χ3v) is 2.83. The zero-order chi connectivity index (χ0) is 13.0. The Morgan fingerprint density at radius 2 is 2.06 bits per heavy atom. The van der Waals surface area contributed by atoms with Crippen molar-refractivity contribution >= 4 is 0 Å². The number of hydrogen-bond acceptors (Lipinski definition) is 5. The van der Waals surface area contributed by atoms with Gasteiger partial charge in [0.05, 0.1) is 6.10 Å². The SMILES string of the molecule is COCCC(C)Oc1cc2c(cc1CN)OCO2. The number of methoxy groups -OCH3 is 1. The molecule has 100 valence electrons. The summed E-state index contributed by atoms with van der Waals surface area (Å²) in [6.07, 6.45) is 0.894. The van der Waals surface area contributed by atoms with Crippen molar-refractivity contribution in [2.75, 3.05) is 20.5 Å². The highest BCUT2D eigenvalue weighted by Crippen LogP contribution is 2.38. The fourth-order valence-electron chi connectivity index (χ4n) is 1.79. The molecule has 1 heterocycles. The maximum absolute atomic E-state index is 5.87. The quantitative estimate of drug-likeness (QED) is 0.835. The number of hydrogen-bond donors (Lipinski definition) is 1. The first-order chi connectivity index (χ1) is 8.74. The van der Waals surface area contributed by atoms with E-state index in [0.29, 0.717) is 18.9 Å². The van der Waals surface area contributed by atoms with Crippen LogP contribution in [0, 0.1) is 0 Å². The Morgan fingerprint density at radius 3 is 2.72 bits per heavy atom. The predicted octanol–water partition coefficient (Wildman–Crippen LogP) is 1.68. The maximum Gasteiger partial charge on any atom is 0.231 e. The second-order valence-corrected chi connectivity index (χ2v) is 4.23. The number of ether oxygens (including phenoxy) is 4. The van der Waals surface area contributed by atoms with E-state index in [2.05, 4.69) is 0 Å².